The highest BCUT2D eigenvalue weighted by Gasteiger charge is 2.49. The predicted molar refractivity (Wildman–Crippen MR) is 115 cm³/mol. The molecule has 6 heteroatoms. The fourth-order valence-corrected chi connectivity index (χ4v) is 4.67. The molecule has 156 valence electrons. The van der Waals surface area contributed by atoms with Crippen LogP contribution in [0.3, 0.4) is 0 Å². The zero-order valence-corrected chi connectivity index (χ0v) is 17.5. The first-order valence-corrected chi connectivity index (χ1v) is 10.7. The van der Waals surface area contributed by atoms with Crippen molar-refractivity contribution in [2.45, 2.75) is 51.1 Å². The SMILES string of the molecule is CCc1ccc(/C(O)=C2/C(=O)C(=O)N(C3CCCC3)C2c2ccc(O)c(Cl)c2)cc1. The highest BCUT2D eigenvalue weighted by Crippen LogP contribution is 2.44. The number of aliphatic hydroxyl groups excluding tert-OH is 1. The van der Waals surface area contributed by atoms with Crippen LogP contribution in [0, 0.1) is 0 Å². The maximum Gasteiger partial charge on any atom is 0.295 e. The molecule has 2 fully saturated rings. The van der Waals surface area contributed by atoms with Gasteiger partial charge in [0.2, 0.25) is 0 Å². The fourth-order valence-electron chi connectivity index (χ4n) is 4.48. The number of benzene rings is 2. The van der Waals surface area contributed by atoms with Gasteiger partial charge in [-0.25, -0.2) is 0 Å². The quantitative estimate of drug-likeness (QED) is 0.411. The van der Waals surface area contributed by atoms with Crippen LogP contribution in [-0.2, 0) is 16.0 Å². The van der Waals surface area contributed by atoms with Gasteiger partial charge in [-0.2, -0.15) is 0 Å². The van der Waals surface area contributed by atoms with Crippen molar-refractivity contribution in [2.75, 3.05) is 0 Å². The van der Waals surface area contributed by atoms with Gasteiger partial charge in [-0.1, -0.05) is 61.7 Å². The van der Waals surface area contributed by atoms with E-state index in [9.17, 15) is 19.8 Å². The lowest BCUT2D eigenvalue weighted by molar-refractivity contribution is -0.141. The number of hydrogen-bond acceptors (Lipinski definition) is 4. The Labute approximate surface area is 180 Å². The summed E-state index contributed by atoms with van der Waals surface area (Å²) in [4.78, 5) is 27.7. The van der Waals surface area contributed by atoms with Gasteiger partial charge in [-0.15, -0.1) is 0 Å². The van der Waals surface area contributed by atoms with Gasteiger partial charge in [-0.05, 0) is 42.5 Å². The van der Waals surface area contributed by atoms with E-state index in [1.165, 1.54) is 6.07 Å². The van der Waals surface area contributed by atoms with Crippen LogP contribution >= 0.6 is 11.6 Å². The van der Waals surface area contributed by atoms with Crippen molar-refractivity contribution >= 4 is 29.1 Å². The number of phenolic OH excluding ortho intramolecular Hbond substituents is 1. The number of nitrogens with zero attached hydrogens (tertiary/aromatic N) is 1. The van der Waals surface area contributed by atoms with E-state index in [0.717, 1.165) is 37.7 Å². The minimum Gasteiger partial charge on any atom is -0.507 e. The van der Waals surface area contributed by atoms with E-state index >= 15 is 0 Å². The zero-order valence-electron chi connectivity index (χ0n) is 16.8. The summed E-state index contributed by atoms with van der Waals surface area (Å²) < 4.78 is 0. The molecule has 1 saturated heterocycles. The van der Waals surface area contributed by atoms with Gasteiger partial charge < -0.3 is 15.1 Å². The molecule has 0 bridgehead atoms. The lowest BCUT2D eigenvalue weighted by Gasteiger charge is -2.31. The Morgan fingerprint density at radius 3 is 2.37 bits per heavy atom. The van der Waals surface area contributed by atoms with Crippen LogP contribution in [0.25, 0.3) is 5.76 Å². The van der Waals surface area contributed by atoms with Crippen molar-refractivity contribution in [3.05, 3.63) is 69.8 Å². The number of ketones is 1. The molecule has 1 aliphatic heterocycles. The van der Waals surface area contributed by atoms with Gasteiger partial charge in [0.1, 0.15) is 11.5 Å². The fraction of sp³-hybridized carbons (Fsp3) is 0.333. The number of likely N-dealkylation sites (tertiary alicyclic amines) is 1. The van der Waals surface area contributed by atoms with Gasteiger partial charge in [-0.3, -0.25) is 9.59 Å². The molecule has 2 aromatic rings. The van der Waals surface area contributed by atoms with Crippen LogP contribution in [-0.4, -0.2) is 32.8 Å². The maximum absolute atomic E-state index is 13.1. The molecule has 2 aromatic carbocycles. The zero-order chi connectivity index (χ0) is 21.4. The van der Waals surface area contributed by atoms with Crippen molar-refractivity contribution < 1.29 is 19.8 Å². The van der Waals surface area contributed by atoms with E-state index in [2.05, 4.69) is 0 Å². The van der Waals surface area contributed by atoms with Crippen molar-refractivity contribution in [2.24, 2.45) is 0 Å². The number of aromatic hydroxyl groups is 1. The first-order chi connectivity index (χ1) is 14.4. The minimum atomic E-state index is -0.739. The molecule has 1 saturated carbocycles. The van der Waals surface area contributed by atoms with Crippen molar-refractivity contribution in [3.8, 4) is 5.75 Å². The highest BCUT2D eigenvalue weighted by atomic mass is 35.5. The number of phenols is 1. The van der Waals surface area contributed by atoms with E-state index in [0.29, 0.717) is 11.1 Å². The number of carbonyl (C=O) groups excluding carboxylic acids is 2. The Morgan fingerprint density at radius 2 is 1.77 bits per heavy atom. The average Bonchev–Trinajstić information content (AvgIpc) is 3.37. The van der Waals surface area contributed by atoms with Crippen molar-refractivity contribution in [1.29, 1.82) is 0 Å². The summed E-state index contributed by atoms with van der Waals surface area (Å²) in [6, 6.07) is 11.2. The van der Waals surface area contributed by atoms with E-state index in [1.807, 2.05) is 19.1 Å². The summed E-state index contributed by atoms with van der Waals surface area (Å²) in [7, 11) is 0. The van der Waals surface area contributed by atoms with Gasteiger partial charge in [0.25, 0.3) is 11.7 Å². The minimum absolute atomic E-state index is 0.0632. The molecule has 0 aromatic heterocycles. The largest absolute Gasteiger partial charge is 0.507 e. The number of aryl methyl sites for hydroxylation is 1. The number of carbonyl (C=O) groups is 2. The topological polar surface area (TPSA) is 77.8 Å². The van der Waals surface area contributed by atoms with Gasteiger partial charge >= 0.3 is 0 Å². The van der Waals surface area contributed by atoms with E-state index in [4.69, 9.17) is 11.6 Å². The van der Waals surface area contributed by atoms with Crippen LogP contribution < -0.4 is 0 Å². The van der Waals surface area contributed by atoms with E-state index in [-0.39, 0.29) is 28.1 Å². The molecule has 5 nitrogen and oxygen atoms in total. The smallest absolute Gasteiger partial charge is 0.295 e. The number of halogens is 1. The highest BCUT2D eigenvalue weighted by molar-refractivity contribution is 6.46. The average molecular weight is 426 g/mol. The maximum atomic E-state index is 13.1. The van der Waals surface area contributed by atoms with Gasteiger partial charge in [0.05, 0.1) is 16.6 Å². The third kappa shape index (κ3) is 3.47. The van der Waals surface area contributed by atoms with E-state index < -0.39 is 17.7 Å². The van der Waals surface area contributed by atoms with Crippen LogP contribution in [0.15, 0.2) is 48.0 Å². The first kappa shape index (κ1) is 20.5. The molecule has 1 unspecified atom stereocenters. The molecule has 1 heterocycles. The lowest BCUT2D eigenvalue weighted by Crippen LogP contribution is -2.37. The number of hydrogen-bond donors (Lipinski definition) is 2. The summed E-state index contributed by atoms with van der Waals surface area (Å²) in [6.07, 6.45) is 4.49. The van der Waals surface area contributed by atoms with Gasteiger partial charge in [0, 0.05) is 11.6 Å². The Hall–Kier alpha value is -2.79. The Bertz CT molecular complexity index is 1020. The predicted octanol–water partition coefficient (Wildman–Crippen LogP) is 4.97. The normalized spacial score (nSPS) is 21.5. The lowest BCUT2D eigenvalue weighted by atomic mass is 9.94. The summed E-state index contributed by atoms with van der Waals surface area (Å²) in [5.74, 6) is -1.55. The summed E-state index contributed by atoms with van der Waals surface area (Å²) in [5.41, 5.74) is 2.26. The molecular formula is C24H24ClNO4. The molecule has 2 N–H and O–H groups in total. The number of aliphatic hydroxyl groups is 1. The third-order valence-corrected chi connectivity index (χ3v) is 6.42. The second-order valence-electron chi connectivity index (χ2n) is 7.91. The molecule has 0 spiro atoms. The van der Waals surface area contributed by atoms with E-state index in [1.54, 1.807) is 29.2 Å². The molecule has 2 aliphatic rings. The summed E-state index contributed by atoms with van der Waals surface area (Å²) >= 11 is 6.13. The Morgan fingerprint density at radius 1 is 1.10 bits per heavy atom. The summed E-state index contributed by atoms with van der Waals surface area (Å²) in [6.45, 7) is 2.04. The molecule has 1 aliphatic carbocycles. The first-order valence-electron chi connectivity index (χ1n) is 10.3. The second kappa shape index (κ2) is 8.15. The second-order valence-corrected chi connectivity index (χ2v) is 8.31. The van der Waals surface area contributed by atoms with Crippen LogP contribution in [0.4, 0.5) is 0 Å². The Balaban J connectivity index is 1.88. The molecular weight excluding hydrogens is 402 g/mol. The van der Waals surface area contributed by atoms with Crippen LogP contribution in [0.1, 0.15) is 55.3 Å². The molecule has 1 atom stereocenters. The number of Topliss-reactive ketones (excluding diaryl/α,β-unsaturated/α-hetero) is 1. The number of rotatable bonds is 4. The van der Waals surface area contributed by atoms with Crippen molar-refractivity contribution in [3.63, 3.8) is 0 Å². The van der Waals surface area contributed by atoms with Gasteiger partial charge in [0.15, 0.2) is 0 Å². The van der Waals surface area contributed by atoms with Crippen LogP contribution in [0.2, 0.25) is 5.02 Å². The van der Waals surface area contributed by atoms with Crippen molar-refractivity contribution in [1.82, 2.24) is 4.90 Å². The summed E-state index contributed by atoms with van der Waals surface area (Å²) in [5, 5.41) is 21.1. The number of amides is 1. The molecule has 30 heavy (non-hydrogen) atoms. The Kier molecular flexibility index (Phi) is 5.56. The van der Waals surface area contributed by atoms with Crippen LogP contribution in [0.5, 0.6) is 5.75 Å². The molecule has 4 rings (SSSR count). The standard InChI is InChI=1S/C24H24ClNO4/c1-2-14-7-9-15(10-8-14)22(28)20-21(16-11-12-19(27)18(25)13-16)26(24(30)23(20)29)17-5-3-4-6-17/h7-13,17,21,27-28H,2-6H2,1H3/b22-20-. The molecule has 0 radical (unpaired) electrons. The third-order valence-electron chi connectivity index (χ3n) is 6.12. The monoisotopic (exact) mass is 425 g/mol. The molecule has 1 amide bonds.